The normalized spacial score (nSPS) is 19.5. The number of halogens is 1. The molecule has 2 N–H and O–H groups in total. The summed E-state index contributed by atoms with van der Waals surface area (Å²) in [6.07, 6.45) is 4.50. The molecule has 1 aromatic carbocycles. The highest BCUT2D eigenvalue weighted by Crippen LogP contribution is 2.27. The van der Waals surface area contributed by atoms with Gasteiger partial charge in [0.15, 0.2) is 0 Å². The third-order valence-corrected chi connectivity index (χ3v) is 3.72. The maximum Gasteiger partial charge on any atom is 0.125 e. The lowest BCUT2D eigenvalue weighted by atomic mass is 10.0. The Hall–Kier alpha value is -1.09. The van der Waals surface area contributed by atoms with E-state index < -0.39 is 0 Å². The number of hydrogen-bond acceptors (Lipinski definition) is 2. The summed E-state index contributed by atoms with van der Waals surface area (Å²) in [5.74, 6) is 0.631. The fourth-order valence-corrected chi connectivity index (χ4v) is 2.84. The Morgan fingerprint density at radius 2 is 2.22 bits per heavy atom. The molecule has 1 fully saturated rings. The summed E-state index contributed by atoms with van der Waals surface area (Å²) in [4.78, 5) is 2.31. The molecular weight excluding hydrogens is 227 g/mol. The Morgan fingerprint density at radius 1 is 1.39 bits per heavy atom. The molecule has 2 nitrogen and oxygen atoms in total. The molecule has 1 aliphatic heterocycles. The monoisotopic (exact) mass is 250 g/mol. The predicted octanol–water partition coefficient (Wildman–Crippen LogP) is 2.95. The summed E-state index contributed by atoms with van der Waals surface area (Å²) in [5.41, 5.74) is 7.57. The molecule has 1 aromatic rings. The zero-order chi connectivity index (χ0) is 13.0. The van der Waals surface area contributed by atoms with Gasteiger partial charge in [-0.3, -0.25) is 0 Å². The van der Waals surface area contributed by atoms with Crippen molar-refractivity contribution in [3.63, 3.8) is 0 Å². The number of nitrogens with two attached hydrogens (primary N) is 1. The molecule has 0 radical (unpaired) electrons. The average Bonchev–Trinajstić information content (AvgIpc) is 2.78. The van der Waals surface area contributed by atoms with Gasteiger partial charge in [-0.05, 0) is 55.5 Å². The third-order valence-electron chi connectivity index (χ3n) is 3.72. The molecule has 1 aliphatic rings. The van der Waals surface area contributed by atoms with Gasteiger partial charge in [0.05, 0.1) is 0 Å². The van der Waals surface area contributed by atoms with Gasteiger partial charge in [0.2, 0.25) is 0 Å². The van der Waals surface area contributed by atoms with Crippen LogP contribution in [0.3, 0.4) is 0 Å². The van der Waals surface area contributed by atoms with Gasteiger partial charge in [0.25, 0.3) is 0 Å². The molecule has 0 bridgehead atoms. The van der Waals surface area contributed by atoms with Crippen LogP contribution in [0, 0.1) is 11.7 Å². The minimum absolute atomic E-state index is 0.144. The fraction of sp³-hybridized carbons (Fsp3) is 0.600. The van der Waals surface area contributed by atoms with Gasteiger partial charge in [-0.2, -0.15) is 0 Å². The second-order valence-corrected chi connectivity index (χ2v) is 5.25. The lowest BCUT2D eigenvalue weighted by Crippen LogP contribution is -2.20. The van der Waals surface area contributed by atoms with E-state index in [4.69, 9.17) is 5.73 Å². The van der Waals surface area contributed by atoms with Gasteiger partial charge in [-0.1, -0.05) is 13.3 Å². The molecule has 18 heavy (non-hydrogen) atoms. The van der Waals surface area contributed by atoms with Gasteiger partial charge in [-0.25, -0.2) is 4.39 Å². The summed E-state index contributed by atoms with van der Waals surface area (Å²) in [6, 6.07) is 5.33. The van der Waals surface area contributed by atoms with Crippen LogP contribution in [0.2, 0.25) is 0 Å². The average molecular weight is 250 g/mol. The highest BCUT2D eigenvalue weighted by molar-refractivity contribution is 5.50. The molecule has 100 valence electrons. The number of hydrogen-bond donors (Lipinski definition) is 1. The first-order chi connectivity index (χ1) is 8.72. The van der Waals surface area contributed by atoms with E-state index in [0.29, 0.717) is 6.54 Å². The van der Waals surface area contributed by atoms with E-state index in [1.807, 2.05) is 0 Å². The molecule has 1 unspecified atom stereocenters. The maximum atomic E-state index is 13.6. The minimum atomic E-state index is -0.144. The van der Waals surface area contributed by atoms with E-state index in [0.717, 1.165) is 36.7 Å². The van der Waals surface area contributed by atoms with Crippen LogP contribution in [-0.2, 0) is 6.42 Å². The zero-order valence-corrected chi connectivity index (χ0v) is 11.2. The van der Waals surface area contributed by atoms with E-state index in [-0.39, 0.29) is 5.82 Å². The first-order valence-electron chi connectivity index (χ1n) is 6.97. The Balaban J connectivity index is 2.08. The van der Waals surface area contributed by atoms with Crippen molar-refractivity contribution < 1.29 is 4.39 Å². The fourth-order valence-electron chi connectivity index (χ4n) is 2.84. The smallest absolute Gasteiger partial charge is 0.125 e. The lowest BCUT2D eigenvalue weighted by molar-refractivity contribution is 0.529. The summed E-state index contributed by atoms with van der Waals surface area (Å²) in [7, 11) is 0. The molecule has 3 heteroatoms. The molecule has 2 rings (SSSR count). The molecule has 0 amide bonds. The summed E-state index contributed by atoms with van der Waals surface area (Å²) in [5, 5.41) is 0. The van der Waals surface area contributed by atoms with E-state index in [1.165, 1.54) is 19.3 Å². The Labute approximate surface area is 109 Å². The van der Waals surface area contributed by atoms with Gasteiger partial charge in [-0.15, -0.1) is 0 Å². The molecule has 0 saturated carbocycles. The largest absolute Gasteiger partial charge is 0.371 e. The molecule has 0 aromatic heterocycles. The van der Waals surface area contributed by atoms with Crippen LogP contribution in [0.25, 0.3) is 0 Å². The van der Waals surface area contributed by atoms with Crippen LogP contribution in [0.4, 0.5) is 10.1 Å². The van der Waals surface area contributed by atoms with Crippen molar-refractivity contribution >= 4 is 5.69 Å². The van der Waals surface area contributed by atoms with Crippen LogP contribution < -0.4 is 10.6 Å². The molecule has 1 saturated heterocycles. The van der Waals surface area contributed by atoms with Crippen molar-refractivity contribution in [3.05, 3.63) is 29.6 Å². The van der Waals surface area contributed by atoms with Gasteiger partial charge in [0.1, 0.15) is 5.82 Å². The van der Waals surface area contributed by atoms with E-state index in [1.54, 1.807) is 12.1 Å². The van der Waals surface area contributed by atoms with Crippen molar-refractivity contribution in [2.24, 2.45) is 11.7 Å². The van der Waals surface area contributed by atoms with Crippen molar-refractivity contribution in [1.29, 1.82) is 0 Å². The number of anilines is 1. The predicted molar refractivity (Wildman–Crippen MR) is 74.4 cm³/mol. The third kappa shape index (κ3) is 3.22. The molecule has 0 aliphatic carbocycles. The van der Waals surface area contributed by atoms with Crippen LogP contribution >= 0.6 is 0 Å². The molecule has 0 spiro atoms. The molecule has 1 atom stereocenters. The first-order valence-corrected chi connectivity index (χ1v) is 6.97. The van der Waals surface area contributed by atoms with Crippen LogP contribution in [-0.4, -0.2) is 19.6 Å². The van der Waals surface area contributed by atoms with Crippen molar-refractivity contribution in [2.45, 2.75) is 32.6 Å². The lowest BCUT2D eigenvalue weighted by Gasteiger charge is -2.19. The Bertz CT molecular complexity index is 392. The van der Waals surface area contributed by atoms with Crippen LogP contribution in [0.15, 0.2) is 18.2 Å². The van der Waals surface area contributed by atoms with E-state index in [9.17, 15) is 4.39 Å². The second kappa shape index (κ2) is 6.19. The molecular formula is C15H23FN2. The molecule has 1 heterocycles. The quantitative estimate of drug-likeness (QED) is 0.870. The zero-order valence-electron chi connectivity index (χ0n) is 11.2. The highest BCUT2D eigenvalue weighted by atomic mass is 19.1. The van der Waals surface area contributed by atoms with E-state index in [2.05, 4.69) is 17.9 Å². The summed E-state index contributed by atoms with van der Waals surface area (Å²) < 4.78 is 13.6. The van der Waals surface area contributed by atoms with Crippen LogP contribution in [0.1, 0.15) is 31.7 Å². The van der Waals surface area contributed by atoms with Gasteiger partial charge < -0.3 is 10.6 Å². The Morgan fingerprint density at radius 3 is 2.94 bits per heavy atom. The first kappa shape index (κ1) is 13.3. The van der Waals surface area contributed by atoms with Crippen molar-refractivity contribution in [3.8, 4) is 0 Å². The maximum absolute atomic E-state index is 13.6. The summed E-state index contributed by atoms with van der Waals surface area (Å²) in [6.45, 7) is 4.92. The van der Waals surface area contributed by atoms with E-state index >= 15 is 0 Å². The van der Waals surface area contributed by atoms with Crippen molar-refractivity contribution in [2.75, 3.05) is 24.5 Å². The second-order valence-electron chi connectivity index (χ2n) is 5.25. The Kier molecular flexibility index (Phi) is 4.59. The minimum Gasteiger partial charge on any atom is -0.371 e. The SMILES string of the molecule is CCCC1CCN(c2cc(F)cc(CCN)c2)C1. The van der Waals surface area contributed by atoms with Crippen LogP contribution in [0.5, 0.6) is 0 Å². The highest BCUT2D eigenvalue weighted by Gasteiger charge is 2.22. The summed E-state index contributed by atoms with van der Waals surface area (Å²) >= 11 is 0. The van der Waals surface area contributed by atoms with Crippen molar-refractivity contribution in [1.82, 2.24) is 0 Å². The number of benzene rings is 1. The number of rotatable bonds is 5. The standard InChI is InChI=1S/C15H23FN2/c1-2-3-12-5-7-18(11-12)15-9-13(4-6-17)8-14(16)10-15/h8-10,12H,2-7,11,17H2,1H3. The topological polar surface area (TPSA) is 29.3 Å². The van der Waals surface area contributed by atoms with Gasteiger partial charge in [0, 0.05) is 18.8 Å². The number of nitrogens with zero attached hydrogens (tertiary/aromatic N) is 1. The van der Waals surface area contributed by atoms with Gasteiger partial charge >= 0.3 is 0 Å².